The number of aliphatic hydroxyl groups excluding tert-OH is 2. The summed E-state index contributed by atoms with van der Waals surface area (Å²) in [5.74, 6) is 0. The Hall–Kier alpha value is -0.770. The van der Waals surface area contributed by atoms with E-state index >= 15 is 0 Å². The smallest absolute Gasteiger partial charge is 0.175 e. The second-order valence-electron chi connectivity index (χ2n) is 10.1. The van der Waals surface area contributed by atoms with Gasteiger partial charge in [0.05, 0.1) is 24.2 Å². The quantitative estimate of drug-likeness (QED) is 0.363. The molecule has 5 aliphatic rings. The van der Waals surface area contributed by atoms with Gasteiger partial charge in [-0.3, -0.25) is 14.7 Å². The predicted molar refractivity (Wildman–Crippen MR) is 134 cm³/mol. The molecule has 37 heavy (non-hydrogen) atoms. The third kappa shape index (κ3) is 6.69. The average Bonchev–Trinajstić information content (AvgIpc) is 3.60. The Kier molecular flexibility index (Phi) is 11.7. The predicted octanol–water partition coefficient (Wildman–Crippen LogP) is -1.24. The molecule has 11 atom stereocenters. The molecule has 5 saturated heterocycles. The molecule has 0 saturated carbocycles. The number of likely N-dealkylation sites (tertiary alicyclic amines) is 3. The number of carbonyl (C=O) groups is 1. The fourth-order valence-corrected chi connectivity index (χ4v) is 6.03. The number of methoxy groups -OCH3 is 1. The highest BCUT2D eigenvalue weighted by Gasteiger charge is 2.54. The van der Waals surface area contributed by atoms with Crippen LogP contribution in [0, 0.1) is 0 Å². The standard InChI is InChI=1S/C9H17NO3.2C8H15NO3/c1-4-12-8-6-5-10(2)7(8)9(11-3)13-6;1-3-11-7-5-4-9(2)6(7)8(10)12-5;1-3-12-8-6(5-10)9(2)4-7(8)11/h6-9H,4-5H2,1-3H3;5-8,10H,3-4H2,1-2H3;5-8,11H,3-4H2,1-2H3/t6-,7+,8+,9?;5-,6+,7+,8?;6-,7-,8-/m111/s1. The van der Waals surface area contributed by atoms with Crippen LogP contribution in [0.25, 0.3) is 0 Å². The van der Waals surface area contributed by atoms with E-state index in [0.29, 0.717) is 19.8 Å². The number of aldehydes is 1. The molecule has 0 spiro atoms. The maximum Gasteiger partial charge on any atom is 0.175 e. The van der Waals surface area contributed by atoms with Gasteiger partial charge in [-0.05, 0) is 41.9 Å². The first-order valence-corrected chi connectivity index (χ1v) is 13.3. The fraction of sp³-hybridized carbons (Fsp3) is 0.960. The van der Waals surface area contributed by atoms with Gasteiger partial charge >= 0.3 is 0 Å². The minimum Gasteiger partial charge on any atom is -0.389 e. The van der Waals surface area contributed by atoms with Gasteiger partial charge in [0, 0.05) is 46.6 Å². The summed E-state index contributed by atoms with van der Waals surface area (Å²) in [5, 5.41) is 18.9. The summed E-state index contributed by atoms with van der Waals surface area (Å²) in [4.78, 5) is 16.8. The number of rotatable bonds is 8. The zero-order chi connectivity index (χ0) is 27.3. The zero-order valence-electron chi connectivity index (χ0n) is 23.3. The summed E-state index contributed by atoms with van der Waals surface area (Å²) in [7, 11) is 7.57. The van der Waals surface area contributed by atoms with Gasteiger partial charge in [0.25, 0.3) is 0 Å². The summed E-state index contributed by atoms with van der Waals surface area (Å²) in [5.41, 5.74) is 0. The van der Waals surface area contributed by atoms with E-state index in [0.717, 1.165) is 26.0 Å². The molecule has 0 aromatic carbocycles. The molecule has 5 aliphatic heterocycles. The van der Waals surface area contributed by atoms with Gasteiger partial charge in [-0.2, -0.15) is 0 Å². The van der Waals surface area contributed by atoms with E-state index in [2.05, 4.69) is 16.8 Å². The molecule has 216 valence electrons. The first kappa shape index (κ1) is 30.8. The van der Waals surface area contributed by atoms with E-state index < -0.39 is 12.4 Å². The summed E-state index contributed by atoms with van der Waals surface area (Å²) >= 11 is 0. The highest BCUT2D eigenvalue weighted by atomic mass is 16.7. The Balaban J connectivity index is 0.000000154. The van der Waals surface area contributed by atoms with Gasteiger partial charge in [-0.25, -0.2) is 0 Å². The number of hydrogen-bond acceptors (Lipinski definition) is 12. The lowest BCUT2D eigenvalue weighted by atomic mass is 10.1. The fourth-order valence-electron chi connectivity index (χ4n) is 6.03. The van der Waals surface area contributed by atoms with Crippen LogP contribution in [-0.4, -0.2) is 166 Å². The monoisotopic (exact) mass is 533 g/mol. The molecule has 0 radical (unpaired) electrons. The van der Waals surface area contributed by atoms with Crippen molar-refractivity contribution in [2.24, 2.45) is 0 Å². The van der Waals surface area contributed by atoms with E-state index in [1.165, 1.54) is 0 Å². The molecular formula is C25H47N3O9. The SMILES string of the molecule is CCO[C@@H]1[C@H]2C(O)O[C@@H]1CN2C.CCO[C@@H]1[C@H]2C(OC)O[C@@H]1CN2C.CCO[C@H]1[C@H](O)CN(C)[C@@H]1C=O. The molecule has 0 aromatic heterocycles. The number of aliphatic hydroxyl groups is 2. The molecule has 5 rings (SSSR count). The van der Waals surface area contributed by atoms with E-state index in [4.69, 9.17) is 28.4 Å². The second-order valence-corrected chi connectivity index (χ2v) is 10.1. The van der Waals surface area contributed by atoms with Crippen LogP contribution >= 0.6 is 0 Å². The van der Waals surface area contributed by atoms with Crippen LogP contribution in [-0.2, 0) is 33.2 Å². The molecule has 12 nitrogen and oxygen atoms in total. The highest BCUT2D eigenvalue weighted by Crippen LogP contribution is 2.35. The largest absolute Gasteiger partial charge is 0.389 e. The number of β-amino-alcohol motifs (C(OH)–C–C–N with tert-alkyl or cyclic N) is 1. The summed E-state index contributed by atoms with van der Waals surface area (Å²) in [6.07, 6.45) is -0.311. The van der Waals surface area contributed by atoms with Crippen LogP contribution in [0.3, 0.4) is 0 Å². The Morgan fingerprint density at radius 3 is 1.78 bits per heavy atom. The van der Waals surface area contributed by atoms with E-state index in [1.807, 2.05) is 27.8 Å². The van der Waals surface area contributed by atoms with Crippen molar-refractivity contribution in [3.05, 3.63) is 0 Å². The highest BCUT2D eigenvalue weighted by molar-refractivity contribution is 5.59. The van der Waals surface area contributed by atoms with Crippen molar-refractivity contribution in [1.29, 1.82) is 0 Å². The first-order valence-electron chi connectivity index (χ1n) is 13.3. The van der Waals surface area contributed by atoms with Crippen molar-refractivity contribution in [3.63, 3.8) is 0 Å². The number of likely N-dealkylation sites (N-methyl/N-ethyl adjacent to an activating group) is 3. The molecule has 4 bridgehead atoms. The van der Waals surface area contributed by atoms with E-state index in [-0.39, 0.29) is 54.9 Å². The lowest BCUT2D eigenvalue weighted by Crippen LogP contribution is -2.43. The van der Waals surface area contributed by atoms with Gasteiger partial charge in [0.15, 0.2) is 12.6 Å². The van der Waals surface area contributed by atoms with Crippen molar-refractivity contribution >= 4 is 6.29 Å². The van der Waals surface area contributed by atoms with Crippen molar-refractivity contribution in [3.8, 4) is 0 Å². The lowest BCUT2D eigenvalue weighted by Gasteiger charge is -2.28. The lowest BCUT2D eigenvalue weighted by molar-refractivity contribution is -0.163. The van der Waals surface area contributed by atoms with Crippen LogP contribution in [0.15, 0.2) is 0 Å². The number of fused-ring (bicyclic) bond motifs is 4. The molecule has 0 aliphatic carbocycles. The topological polar surface area (TPSA) is 123 Å². The second kappa shape index (κ2) is 14.0. The van der Waals surface area contributed by atoms with Gasteiger partial charge in [0.1, 0.15) is 36.8 Å². The normalized spacial score (nSPS) is 43.0. The van der Waals surface area contributed by atoms with Crippen LogP contribution in [0.5, 0.6) is 0 Å². The van der Waals surface area contributed by atoms with E-state index in [1.54, 1.807) is 19.1 Å². The molecule has 5 fully saturated rings. The van der Waals surface area contributed by atoms with Crippen LogP contribution in [0.4, 0.5) is 0 Å². The number of morpholine rings is 2. The summed E-state index contributed by atoms with van der Waals surface area (Å²) in [6.45, 7) is 10.1. The zero-order valence-corrected chi connectivity index (χ0v) is 23.3. The average molecular weight is 534 g/mol. The molecule has 0 aromatic rings. The molecule has 2 N–H and O–H groups in total. The Bertz CT molecular complexity index is 694. The van der Waals surface area contributed by atoms with Crippen LogP contribution < -0.4 is 0 Å². The Morgan fingerprint density at radius 2 is 1.30 bits per heavy atom. The number of carbonyl (C=O) groups excluding carboxylic acids is 1. The summed E-state index contributed by atoms with van der Waals surface area (Å²) in [6, 6.07) is 0.0184. The molecule has 2 unspecified atom stereocenters. The minimum absolute atomic E-state index is 0.0370. The van der Waals surface area contributed by atoms with Gasteiger partial charge in [-0.15, -0.1) is 0 Å². The number of nitrogens with zero attached hydrogens (tertiary/aromatic N) is 3. The Labute approximate surface area is 220 Å². The van der Waals surface area contributed by atoms with Crippen molar-refractivity contribution in [2.45, 2.75) is 88.1 Å². The van der Waals surface area contributed by atoms with Crippen molar-refractivity contribution < 1.29 is 43.4 Å². The molecule has 0 amide bonds. The number of hydrogen-bond donors (Lipinski definition) is 2. The molecular weight excluding hydrogens is 486 g/mol. The van der Waals surface area contributed by atoms with Crippen LogP contribution in [0.1, 0.15) is 20.8 Å². The van der Waals surface area contributed by atoms with Crippen molar-refractivity contribution in [1.82, 2.24) is 14.7 Å². The van der Waals surface area contributed by atoms with Crippen molar-refractivity contribution in [2.75, 3.05) is 67.7 Å². The molecule has 5 heterocycles. The maximum absolute atomic E-state index is 10.6. The van der Waals surface area contributed by atoms with Gasteiger partial charge < -0.3 is 43.4 Å². The maximum atomic E-state index is 10.6. The Morgan fingerprint density at radius 1 is 0.784 bits per heavy atom. The number of ether oxygens (including phenoxy) is 6. The third-order valence-electron chi connectivity index (χ3n) is 7.70. The van der Waals surface area contributed by atoms with Crippen LogP contribution in [0.2, 0.25) is 0 Å². The first-order chi connectivity index (χ1) is 17.7. The molecule has 12 heteroatoms. The van der Waals surface area contributed by atoms with E-state index in [9.17, 15) is 15.0 Å². The third-order valence-corrected chi connectivity index (χ3v) is 7.70. The van der Waals surface area contributed by atoms with Gasteiger partial charge in [0.2, 0.25) is 0 Å². The van der Waals surface area contributed by atoms with Gasteiger partial charge in [-0.1, -0.05) is 0 Å². The minimum atomic E-state index is -0.662. The summed E-state index contributed by atoms with van der Waals surface area (Å²) < 4.78 is 32.6.